The lowest BCUT2D eigenvalue weighted by Gasteiger charge is -2.21. The number of amides is 2. The molecule has 1 N–H and O–H groups in total. The van der Waals surface area contributed by atoms with Gasteiger partial charge in [-0.1, -0.05) is 30.7 Å². The zero-order valence-corrected chi connectivity index (χ0v) is 11.6. The van der Waals surface area contributed by atoms with Crippen LogP contribution in [0.25, 0.3) is 0 Å². The van der Waals surface area contributed by atoms with E-state index in [9.17, 15) is 14.7 Å². The van der Waals surface area contributed by atoms with Gasteiger partial charge in [0.25, 0.3) is 0 Å². The van der Waals surface area contributed by atoms with Gasteiger partial charge in [-0.2, -0.15) is 0 Å². The number of hydrogen-bond acceptors (Lipinski definition) is 3. The highest BCUT2D eigenvalue weighted by atomic mass is 16.3. The fourth-order valence-electron chi connectivity index (χ4n) is 3.47. The van der Waals surface area contributed by atoms with Gasteiger partial charge in [0.15, 0.2) is 0 Å². The summed E-state index contributed by atoms with van der Waals surface area (Å²) in [5.74, 6) is -0.451. The number of carbonyl (C=O) groups is 2. The molecule has 2 fully saturated rings. The maximum absolute atomic E-state index is 12.2. The summed E-state index contributed by atoms with van der Waals surface area (Å²) in [4.78, 5) is 25.8. The fraction of sp³-hybridized carbons (Fsp3) is 0.500. The number of aryl methyl sites for hydroxylation is 1. The van der Waals surface area contributed by atoms with Gasteiger partial charge in [-0.05, 0) is 30.9 Å². The van der Waals surface area contributed by atoms with Gasteiger partial charge >= 0.3 is 0 Å². The maximum Gasteiger partial charge on any atom is 0.233 e. The van der Waals surface area contributed by atoms with E-state index in [2.05, 4.69) is 0 Å². The van der Waals surface area contributed by atoms with Gasteiger partial charge < -0.3 is 5.11 Å². The smallest absolute Gasteiger partial charge is 0.233 e. The number of hydrogen-bond donors (Lipinski definition) is 1. The molecule has 2 aliphatic rings. The van der Waals surface area contributed by atoms with Crippen LogP contribution < -0.4 is 0 Å². The van der Waals surface area contributed by atoms with E-state index in [-0.39, 0.29) is 30.2 Å². The SMILES string of the molecule is Cc1ccccc1C(O)CN1C(=O)C2CCCC2C1=O. The Morgan fingerprint density at radius 2 is 1.80 bits per heavy atom. The summed E-state index contributed by atoms with van der Waals surface area (Å²) in [6, 6.07) is 7.52. The minimum atomic E-state index is -0.803. The lowest BCUT2D eigenvalue weighted by Crippen LogP contribution is -2.35. The Balaban J connectivity index is 1.77. The zero-order chi connectivity index (χ0) is 14.3. The van der Waals surface area contributed by atoms with E-state index in [0.29, 0.717) is 0 Å². The van der Waals surface area contributed by atoms with Crippen molar-refractivity contribution < 1.29 is 14.7 Å². The molecule has 1 aromatic carbocycles. The highest BCUT2D eigenvalue weighted by Gasteiger charge is 2.49. The second kappa shape index (κ2) is 5.02. The van der Waals surface area contributed by atoms with Crippen molar-refractivity contribution >= 4 is 11.8 Å². The average molecular weight is 273 g/mol. The topological polar surface area (TPSA) is 57.6 Å². The predicted octanol–water partition coefficient (Wildman–Crippen LogP) is 1.81. The molecule has 1 aliphatic carbocycles. The molecule has 20 heavy (non-hydrogen) atoms. The molecule has 3 rings (SSSR count). The molecule has 1 aromatic rings. The van der Waals surface area contributed by atoms with Crippen molar-refractivity contribution in [3.63, 3.8) is 0 Å². The maximum atomic E-state index is 12.2. The fourth-order valence-corrected chi connectivity index (χ4v) is 3.47. The van der Waals surface area contributed by atoms with Gasteiger partial charge in [-0.15, -0.1) is 0 Å². The molecule has 1 heterocycles. The van der Waals surface area contributed by atoms with E-state index in [1.165, 1.54) is 4.90 Å². The lowest BCUT2D eigenvalue weighted by atomic mass is 10.00. The lowest BCUT2D eigenvalue weighted by molar-refractivity contribution is -0.142. The second-order valence-corrected chi connectivity index (χ2v) is 5.80. The zero-order valence-electron chi connectivity index (χ0n) is 11.6. The van der Waals surface area contributed by atoms with Crippen molar-refractivity contribution in [1.29, 1.82) is 0 Å². The Labute approximate surface area is 118 Å². The first kappa shape index (κ1) is 13.3. The van der Waals surface area contributed by atoms with E-state index in [1.807, 2.05) is 31.2 Å². The van der Waals surface area contributed by atoms with Crippen molar-refractivity contribution in [3.8, 4) is 0 Å². The number of β-amino-alcohol motifs (C(OH)–C–C–N with tert-alkyl or cyclic N) is 1. The molecular formula is C16H19NO3. The number of likely N-dealkylation sites (tertiary alicyclic amines) is 1. The van der Waals surface area contributed by atoms with Gasteiger partial charge in [0.1, 0.15) is 0 Å². The summed E-state index contributed by atoms with van der Waals surface area (Å²) >= 11 is 0. The standard InChI is InChI=1S/C16H19NO3/c1-10-5-2-3-6-11(10)14(18)9-17-15(19)12-7-4-8-13(12)16(17)20/h2-3,5-6,12-14,18H,4,7-9H2,1H3. The normalized spacial score (nSPS) is 27.0. The summed E-state index contributed by atoms with van der Waals surface area (Å²) < 4.78 is 0. The number of nitrogens with zero attached hydrogens (tertiary/aromatic N) is 1. The van der Waals surface area contributed by atoms with Crippen molar-refractivity contribution in [3.05, 3.63) is 35.4 Å². The highest BCUT2D eigenvalue weighted by molar-refractivity contribution is 6.05. The summed E-state index contributed by atoms with van der Waals surface area (Å²) in [6.07, 6.45) is 1.78. The van der Waals surface area contributed by atoms with Crippen LogP contribution in [0.1, 0.15) is 36.5 Å². The molecular weight excluding hydrogens is 254 g/mol. The molecule has 0 bridgehead atoms. The molecule has 1 aliphatic heterocycles. The van der Waals surface area contributed by atoms with Crippen LogP contribution in [0, 0.1) is 18.8 Å². The Morgan fingerprint density at radius 3 is 2.40 bits per heavy atom. The average Bonchev–Trinajstić information content (AvgIpc) is 2.99. The monoisotopic (exact) mass is 273 g/mol. The predicted molar refractivity (Wildman–Crippen MR) is 73.7 cm³/mol. The molecule has 0 radical (unpaired) electrons. The van der Waals surface area contributed by atoms with Gasteiger partial charge in [0.05, 0.1) is 24.5 Å². The molecule has 4 heteroatoms. The molecule has 2 amide bonds. The first-order valence-corrected chi connectivity index (χ1v) is 7.18. The number of benzene rings is 1. The van der Waals surface area contributed by atoms with Crippen molar-refractivity contribution in [2.75, 3.05) is 6.54 Å². The van der Waals surface area contributed by atoms with E-state index in [0.717, 1.165) is 30.4 Å². The molecule has 0 aromatic heterocycles. The quantitative estimate of drug-likeness (QED) is 0.855. The first-order valence-electron chi connectivity index (χ1n) is 7.18. The third-order valence-electron chi connectivity index (χ3n) is 4.59. The van der Waals surface area contributed by atoms with Crippen LogP contribution in [0.2, 0.25) is 0 Å². The van der Waals surface area contributed by atoms with Gasteiger partial charge in [0.2, 0.25) is 11.8 Å². The molecule has 3 atom stereocenters. The molecule has 1 saturated heterocycles. The number of aliphatic hydroxyl groups is 1. The van der Waals surface area contributed by atoms with Crippen LogP contribution in [0.15, 0.2) is 24.3 Å². The first-order chi connectivity index (χ1) is 9.59. The number of aliphatic hydroxyl groups excluding tert-OH is 1. The number of imide groups is 1. The summed E-state index contributed by atoms with van der Waals surface area (Å²) in [7, 11) is 0. The van der Waals surface area contributed by atoms with Gasteiger partial charge in [-0.25, -0.2) is 0 Å². The Kier molecular flexibility index (Phi) is 3.34. The minimum absolute atomic E-state index is 0.0789. The van der Waals surface area contributed by atoms with E-state index >= 15 is 0 Å². The third kappa shape index (κ3) is 2.04. The Hall–Kier alpha value is -1.68. The van der Waals surface area contributed by atoms with Gasteiger partial charge in [0, 0.05) is 0 Å². The van der Waals surface area contributed by atoms with Crippen molar-refractivity contribution in [2.24, 2.45) is 11.8 Å². The molecule has 4 nitrogen and oxygen atoms in total. The Morgan fingerprint density at radius 1 is 1.20 bits per heavy atom. The van der Waals surface area contributed by atoms with Crippen molar-refractivity contribution in [1.82, 2.24) is 4.90 Å². The van der Waals surface area contributed by atoms with Crippen LogP contribution >= 0.6 is 0 Å². The van der Waals surface area contributed by atoms with Crippen molar-refractivity contribution in [2.45, 2.75) is 32.3 Å². The summed E-state index contributed by atoms with van der Waals surface area (Å²) in [5, 5.41) is 10.3. The van der Waals surface area contributed by atoms with E-state index in [4.69, 9.17) is 0 Å². The van der Waals surface area contributed by atoms with E-state index in [1.54, 1.807) is 0 Å². The van der Waals surface area contributed by atoms with E-state index < -0.39 is 6.10 Å². The van der Waals surface area contributed by atoms with Crippen LogP contribution in [-0.2, 0) is 9.59 Å². The summed E-state index contributed by atoms with van der Waals surface area (Å²) in [6.45, 7) is 2.00. The number of fused-ring (bicyclic) bond motifs is 1. The highest BCUT2D eigenvalue weighted by Crippen LogP contribution is 2.40. The summed E-state index contributed by atoms with van der Waals surface area (Å²) in [5.41, 5.74) is 1.75. The third-order valence-corrected chi connectivity index (χ3v) is 4.59. The largest absolute Gasteiger partial charge is 0.387 e. The van der Waals surface area contributed by atoms with Crippen LogP contribution in [0.4, 0.5) is 0 Å². The number of carbonyl (C=O) groups excluding carboxylic acids is 2. The van der Waals surface area contributed by atoms with Crippen LogP contribution in [0.3, 0.4) is 0 Å². The molecule has 3 unspecified atom stereocenters. The van der Waals surface area contributed by atoms with Crippen LogP contribution in [0.5, 0.6) is 0 Å². The molecule has 106 valence electrons. The van der Waals surface area contributed by atoms with Crippen LogP contribution in [-0.4, -0.2) is 28.4 Å². The second-order valence-electron chi connectivity index (χ2n) is 5.80. The minimum Gasteiger partial charge on any atom is -0.387 e. The molecule has 1 saturated carbocycles. The number of rotatable bonds is 3. The molecule has 0 spiro atoms. The Bertz CT molecular complexity index is 532. The van der Waals surface area contributed by atoms with Gasteiger partial charge in [-0.3, -0.25) is 14.5 Å².